The van der Waals surface area contributed by atoms with Crippen LogP contribution in [0.5, 0.6) is 0 Å². The number of hydroxylamine groups is 1. The average molecular weight is 419 g/mol. The van der Waals surface area contributed by atoms with Crippen molar-refractivity contribution in [2.24, 2.45) is 0 Å². The van der Waals surface area contributed by atoms with E-state index < -0.39 is 16.8 Å². The first kappa shape index (κ1) is 18.3. The lowest BCUT2D eigenvalue weighted by Crippen LogP contribution is -2.18. The normalized spacial score (nSPS) is 16.5. The number of benzene rings is 1. The molecule has 1 amide bonds. The summed E-state index contributed by atoms with van der Waals surface area (Å²) in [6.45, 7) is 0. The van der Waals surface area contributed by atoms with Crippen LogP contribution in [0.4, 0.5) is 5.69 Å². The maximum absolute atomic E-state index is 11.6. The second kappa shape index (κ2) is 7.81. The van der Waals surface area contributed by atoms with E-state index in [4.69, 9.17) is 51.2 Å². The molecule has 5 nitrogen and oxygen atoms in total. The van der Waals surface area contributed by atoms with Gasteiger partial charge in [-0.3, -0.25) is 20.1 Å². The summed E-state index contributed by atoms with van der Waals surface area (Å²) in [7, 11) is 0. The van der Waals surface area contributed by atoms with Gasteiger partial charge in [-0.1, -0.05) is 52.5 Å². The number of hydrogen-bond donors (Lipinski definition) is 2. The Kier molecular flexibility index (Phi) is 5.71. The number of nitrogens with one attached hydrogen (secondary N) is 2. The molecule has 0 saturated carbocycles. The minimum Gasteiger partial charge on any atom is -0.324 e. The lowest BCUT2D eigenvalue weighted by atomic mass is 10.1. The number of hydrogen-bond acceptors (Lipinski definition) is 4. The standard InChI is InChI=1S/C16H11Cl4N3O2/c17-9-2-1-3-10(18)14(9)12-7-13(25-23-12)11-6-8(4-5-21-11)22-16(24)15(19)20/h1-7,13,15,23H,(H,21,22,24). The second-order valence-corrected chi connectivity index (χ2v) is 6.99. The Bertz CT molecular complexity index is 822. The van der Waals surface area contributed by atoms with Gasteiger partial charge in [0, 0.05) is 17.4 Å². The Morgan fingerprint density at radius 3 is 2.64 bits per heavy atom. The maximum Gasteiger partial charge on any atom is 0.257 e. The first-order valence-electron chi connectivity index (χ1n) is 7.08. The molecule has 3 rings (SSSR count). The van der Waals surface area contributed by atoms with Crippen LogP contribution < -0.4 is 10.8 Å². The molecule has 2 aromatic rings. The Morgan fingerprint density at radius 1 is 1.24 bits per heavy atom. The summed E-state index contributed by atoms with van der Waals surface area (Å²) in [5, 5.41) is 3.58. The predicted octanol–water partition coefficient (Wildman–Crippen LogP) is 4.75. The highest BCUT2D eigenvalue weighted by molar-refractivity contribution is 6.54. The third-order valence-corrected chi connectivity index (χ3v) is 4.41. The molecule has 2 N–H and O–H groups in total. The number of nitrogens with zero attached hydrogens (tertiary/aromatic N) is 1. The lowest BCUT2D eigenvalue weighted by molar-refractivity contribution is -0.114. The molecular formula is C16H11Cl4N3O2. The zero-order valence-corrected chi connectivity index (χ0v) is 15.5. The van der Waals surface area contributed by atoms with Gasteiger partial charge in [-0.05, 0) is 30.3 Å². The van der Waals surface area contributed by atoms with Crippen LogP contribution >= 0.6 is 46.4 Å². The second-order valence-electron chi connectivity index (χ2n) is 5.08. The number of carbonyl (C=O) groups is 1. The number of anilines is 1. The van der Waals surface area contributed by atoms with Gasteiger partial charge < -0.3 is 5.32 Å². The van der Waals surface area contributed by atoms with Crippen molar-refractivity contribution in [1.29, 1.82) is 0 Å². The zero-order valence-electron chi connectivity index (χ0n) is 12.5. The summed E-state index contributed by atoms with van der Waals surface area (Å²) in [5.74, 6) is -0.523. The zero-order chi connectivity index (χ0) is 18.0. The summed E-state index contributed by atoms with van der Waals surface area (Å²) in [6, 6.07) is 8.52. The van der Waals surface area contributed by atoms with Crippen molar-refractivity contribution in [3.8, 4) is 0 Å². The van der Waals surface area contributed by atoms with Gasteiger partial charge in [-0.25, -0.2) is 0 Å². The van der Waals surface area contributed by atoms with Gasteiger partial charge in [-0.2, -0.15) is 0 Å². The van der Waals surface area contributed by atoms with Crippen LogP contribution in [-0.2, 0) is 9.63 Å². The van der Waals surface area contributed by atoms with Crippen LogP contribution in [0, 0.1) is 0 Å². The van der Waals surface area contributed by atoms with Gasteiger partial charge in [0.15, 0.2) is 4.84 Å². The van der Waals surface area contributed by atoms with E-state index in [0.29, 0.717) is 32.7 Å². The summed E-state index contributed by atoms with van der Waals surface area (Å²) < 4.78 is 0. The summed E-state index contributed by atoms with van der Waals surface area (Å²) in [4.78, 5) is 20.2. The highest BCUT2D eigenvalue weighted by atomic mass is 35.5. The number of pyridine rings is 1. The van der Waals surface area contributed by atoms with Gasteiger partial charge in [0.1, 0.15) is 6.10 Å². The minimum absolute atomic E-state index is 0.484. The molecular weight excluding hydrogens is 408 g/mol. The number of aromatic nitrogens is 1. The number of carbonyl (C=O) groups excluding carboxylic acids is 1. The summed E-state index contributed by atoms with van der Waals surface area (Å²) in [5.41, 5.74) is 5.16. The number of alkyl halides is 2. The molecule has 1 aliphatic rings. The maximum atomic E-state index is 11.6. The molecule has 1 atom stereocenters. The monoisotopic (exact) mass is 417 g/mol. The molecule has 9 heteroatoms. The molecule has 1 unspecified atom stereocenters. The van der Waals surface area contributed by atoms with E-state index in [0.717, 1.165) is 0 Å². The van der Waals surface area contributed by atoms with Crippen molar-refractivity contribution >= 4 is 63.7 Å². The van der Waals surface area contributed by atoms with E-state index in [1.54, 1.807) is 42.6 Å². The molecule has 0 radical (unpaired) electrons. The van der Waals surface area contributed by atoms with Crippen LogP contribution in [0.1, 0.15) is 17.4 Å². The van der Waals surface area contributed by atoms with E-state index >= 15 is 0 Å². The fourth-order valence-electron chi connectivity index (χ4n) is 2.26. The van der Waals surface area contributed by atoms with E-state index in [2.05, 4.69) is 15.8 Å². The van der Waals surface area contributed by atoms with Gasteiger partial charge in [0.25, 0.3) is 5.91 Å². The van der Waals surface area contributed by atoms with Crippen LogP contribution in [-0.4, -0.2) is 15.7 Å². The molecule has 1 aromatic carbocycles. The van der Waals surface area contributed by atoms with Crippen LogP contribution in [0.15, 0.2) is 42.6 Å². The molecule has 0 aliphatic carbocycles. The number of amides is 1. The van der Waals surface area contributed by atoms with Gasteiger partial charge in [-0.15, -0.1) is 0 Å². The van der Waals surface area contributed by atoms with E-state index in [1.807, 2.05) is 0 Å². The molecule has 0 spiro atoms. The average Bonchev–Trinajstić information content (AvgIpc) is 3.04. The number of rotatable bonds is 4. The van der Waals surface area contributed by atoms with Crippen molar-refractivity contribution in [2.75, 3.05) is 5.32 Å². The Labute approximate surface area is 163 Å². The third-order valence-electron chi connectivity index (χ3n) is 3.38. The molecule has 1 aromatic heterocycles. The molecule has 0 bridgehead atoms. The Balaban J connectivity index is 1.84. The topological polar surface area (TPSA) is 63.2 Å². The Morgan fingerprint density at radius 2 is 1.96 bits per heavy atom. The first-order valence-corrected chi connectivity index (χ1v) is 8.71. The molecule has 0 saturated heterocycles. The van der Waals surface area contributed by atoms with Crippen molar-refractivity contribution in [3.05, 3.63) is 63.9 Å². The van der Waals surface area contributed by atoms with E-state index in [1.165, 1.54) is 0 Å². The van der Waals surface area contributed by atoms with Gasteiger partial charge in [0.2, 0.25) is 0 Å². The SMILES string of the molecule is O=C(Nc1ccnc(C2C=C(c3c(Cl)cccc3Cl)NO2)c1)C(Cl)Cl. The molecule has 130 valence electrons. The fraction of sp³-hybridized carbons (Fsp3) is 0.125. The predicted molar refractivity (Wildman–Crippen MR) is 99.8 cm³/mol. The highest BCUT2D eigenvalue weighted by Crippen LogP contribution is 2.35. The molecule has 25 heavy (non-hydrogen) atoms. The number of halogens is 4. The Hall–Kier alpha value is -1.50. The largest absolute Gasteiger partial charge is 0.324 e. The van der Waals surface area contributed by atoms with Crippen molar-refractivity contribution in [3.63, 3.8) is 0 Å². The van der Waals surface area contributed by atoms with E-state index in [9.17, 15) is 4.79 Å². The molecule has 0 fully saturated rings. The van der Waals surface area contributed by atoms with Gasteiger partial charge >= 0.3 is 0 Å². The smallest absolute Gasteiger partial charge is 0.257 e. The summed E-state index contributed by atoms with van der Waals surface area (Å²) >= 11 is 23.5. The first-order chi connectivity index (χ1) is 12.0. The minimum atomic E-state index is -1.16. The highest BCUT2D eigenvalue weighted by Gasteiger charge is 2.23. The molecule has 1 aliphatic heterocycles. The van der Waals surface area contributed by atoms with Crippen LogP contribution in [0.3, 0.4) is 0 Å². The van der Waals surface area contributed by atoms with Gasteiger partial charge in [0.05, 0.1) is 21.4 Å². The summed E-state index contributed by atoms with van der Waals surface area (Å²) in [6.07, 6.45) is 2.86. The van der Waals surface area contributed by atoms with E-state index in [-0.39, 0.29) is 0 Å². The fourth-order valence-corrected chi connectivity index (χ4v) is 2.97. The van der Waals surface area contributed by atoms with Crippen molar-refractivity contribution in [1.82, 2.24) is 10.5 Å². The molecule has 2 heterocycles. The lowest BCUT2D eigenvalue weighted by Gasteiger charge is -2.10. The quantitative estimate of drug-likeness (QED) is 0.703. The third kappa shape index (κ3) is 4.19. The van der Waals surface area contributed by atoms with Crippen molar-refractivity contribution in [2.45, 2.75) is 10.9 Å². The van der Waals surface area contributed by atoms with Crippen LogP contribution in [0.25, 0.3) is 5.70 Å². The van der Waals surface area contributed by atoms with Crippen molar-refractivity contribution < 1.29 is 9.63 Å². The van der Waals surface area contributed by atoms with Crippen LogP contribution in [0.2, 0.25) is 10.0 Å².